The van der Waals surface area contributed by atoms with Crippen molar-refractivity contribution in [3.63, 3.8) is 0 Å². The molecule has 0 saturated heterocycles. The van der Waals surface area contributed by atoms with Gasteiger partial charge >= 0.3 is 0 Å². The molecule has 0 spiro atoms. The van der Waals surface area contributed by atoms with E-state index in [0.29, 0.717) is 28.7 Å². The normalized spacial score (nSPS) is 11.5. The average Bonchev–Trinajstić information content (AvgIpc) is 2.81. The smallest absolute Gasteiger partial charge is 0.294 e. The number of hydrogen-bond donors (Lipinski definition) is 1. The summed E-state index contributed by atoms with van der Waals surface area (Å²) in [6.07, 6.45) is 5.11. The van der Waals surface area contributed by atoms with E-state index in [-0.39, 0.29) is 28.9 Å². The molecule has 0 aromatic carbocycles. The van der Waals surface area contributed by atoms with Crippen LogP contribution in [0.15, 0.2) is 47.8 Å². The van der Waals surface area contributed by atoms with Gasteiger partial charge in [0.05, 0.1) is 29.5 Å². The van der Waals surface area contributed by atoms with Crippen molar-refractivity contribution in [3.8, 4) is 22.8 Å². The summed E-state index contributed by atoms with van der Waals surface area (Å²) in [7, 11) is 0. The summed E-state index contributed by atoms with van der Waals surface area (Å²) in [6, 6.07) is 3.91. The average molecular weight is 501 g/mol. The van der Waals surface area contributed by atoms with Crippen molar-refractivity contribution in [2.24, 2.45) is 0 Å². The third kappa shape index (κ3) is 5.15. The molecule has 4 aromatic rings. The van der Waals surface area contributed by atoms with E-state index in [1.54, 1.807) is 39.1 Å². The predicted octanol–water partition coefficient (Wildman–Crippen LogP) is 3.53. The Labute approximate surface area is 203 Å². The minimum absolute atomic E-state index is 0.0870. The number of nitrogens with zero attached hydrogens (tertiary/aromatic N) is 6. The minimum atomic E-state index is -1.25. The van der Waals surface area contributed by atoms with Gasteiger partial charge in [-0.05, 0) is 38.5 Å². The first kappa shape index (κ1) is 24.3. The maximum Gasteiger partial charge on any atom is 0.294 e. The van der Waals surface area contributed by atoms with Crippen LogP contribution in [-0.2, 0) is 12.2 Å². The number of rotatable bonds is 6. The highest BCUT2D eigenvalue weighted by atomic mass is 35.5. The van der Waals surface area contributed by atoms with E-state index in [0.717, 1.165) is 10.9 Å². The van der Waals surface area contributed by atoms with Gasteiger partial charge in [-0.15, -0.1) is 0 Å². The van der Waals surface area contributed by atoms with Crippen LogP contribution in [0.1, 0.15) is 30.9 Å². The number of halogens is 3. The molecule has 4 rings (SSSR count). The van der Waals surface area contributed by atoms with Crippen LogP contribution in [0.5, 0.6) is 5.75 Å². The number of ether oxygens (including phenoxy) is 1. The molecule has 0 aliphatic rings. The van der Waals surface area contributed by atoms with E-state index in [2.05, 4.69) is 25.0 Å². The van der Waals surface area contributed by atoms with E-state index < -0.39 is 22.8 Å². The zero-order valence-electron chi connectivity index (χ0n) is 18.8. The van der Waals surface area contributed by atoms with Gasteiger partial charge in [0.2, 0.25) is 0 Å². The molecule has 0 radical (unpaired) electrons. The molecule has 180 valence electrons. The van der Waals surface area contributed by atoms with E-state index in [4.69, 9.17) is 16.3 Å². The molecule has 35 heavy (non-hydrogen) atoms. The molecule has 0 fully saturated rings. The molecule has 0 bridgehead atoms. The minimum Gasteiger partial charge on any atom is -0.484 e. The summed E-state index contributed by atoms with van der Waals surface area (Å²) >= 11 is 6.22. The Balaban J connectivity index is 1.67. The molecular formula is C23H19ClF2N6O3. The van der Waals surface area contributed by atoms with Crippen molar-refractivity contribution >= 4 is 11.6 Å². The molecule has 4 aromatic heterocycles. The van der Waals surface area contributed by atoms with E-state index in [9.17, 15) is 18.7 Å². The van der Waals surface area contributed by atoms with Crippen LogP contribution >= 0.6 is 11.6 Å². The Kier molecular flexibility index (Phi) is 6.55. The van der Waals surface area contributed by atoms with Crippen molar-refractivity contribution in [2.45, 2.75) is 33.0 Å². The van der Waals surface area contributed by atoms with Gasteiger partial charge in [-0.25, -0.2) is 18.7 Å². The Morgan fingerprint density at radius 1 is 1.11 bits per heavy atom. The lowest BCUT2D eigenvalue weighted by atomic mass is 10.1. The first-order valence-electron chi connectivity index (χ1n) is 10.3. The summed E-state index contributed by atoms with van der Waals surface area (Å²) in [5.74, 6) is -1.58. The second-order valence-corrected chi connectivity index (χ2v) is 8.47. The van der Waals surface area contributed by atoms with Crippen LogP contribution in [0.25, 0.3) is 17.1 Å². The van der Waals surface area contributed by atoms with Gasteiger partial charge < -0.3 is 9.84 Å². The molecule has 12 heteroatoms. The predicted molar refractivity (Wildman–Crippen MR) is 122 cm³/mol. The highest BCUT2D eigenvalue weighted by molar-refractivity contribution is 6.31. The van der Waals surface area contributed by atoms with E-state index in [1.165, 1.54) is 12.4 Å². The van der Waals surface area contributed by atoms with Crippen LogP contribution in [0.4, 0.5) is 8.78 Å². The van der Waals surface area contributed by atoms with Crippen molar-refractivity contribution < 1.29 is 18.6 Å². The number of aryl methyl sites for hydroxylation is 1. The number of hydrogen-bond acceptors (Lipinski definition) is 8. The number of pyridine rings is 2. The largest absolute Gasteiger partial charge is 0.484 e. The van der Waals surface area contributed by atoms with Gasteiger partial charge in [-0.1, -0.05) is 11.6 Å². The van der Waals surface area contributed by atoms with Gasteiger partial charge in [-0.3, -0.25) is 14.8 Å². The van der Waals surface area contributed by atoms with Crippen LogP contribution in [0.2, 0.25) is 5.02 Å². The summed E-state index contributed by atoms with van der Waals surface area (Å²) < 4.78 is 33.3. The van der Waals surface area contributed by atoms with Gasteiger partial charge in [-0.2, -0.15) is 9.78 Å². The summed E-state index contributed by atoms with van der Waals surface area (Å²) in [4.78, 5) is 29.4. The van der Waals surface area contributed by atoms with Gasteiger partial charge in [0.25, 0.3) is 5.56 Å². The van der Waals surface area contributed by atoms with Crippen LogP contribution in [0, 0.1) is 18.6 Å². The van der Waals surface area contributed by atoms with Crippen molar-refractivity contribution in [3.05, 3.63) is 87.1 Å². The van der Waals surface area contributed by atoms with Crippen LogP contribution in [-0.4, -0.2) is 34.8 Å². The highest BCUT2D eigenvalue weighted by Gasteiger charge is 2.21. The monoisotopic (exact) mass is 500 g/mol. The SMILES string of the molecule is Cc1cnc(-c2ccnc(C(C)(C)O)n2)cc1-n1ncc(OCc2ncc(F)cc2F)c(Cl)c1=O. The Hall–Kier alpha value is -3.83. The molecule has 0 saturated carbocycles. The maximum absolute atomic E-state index is 13.8. The fourth-order valence-corrected chi connectivity index (χ4v) is 3.25. The zero-order valence-corrected chi connectivity index (χ0v) is 19.6. The quantitative estimate of drug-likeness (QED) is 0.427. The molecule has 9 nitrogen and oxygen atoms in total. The Morgan fingerprint density at radius 3 is 2.60 bits per heavy atom. The van der Waals surface area contributed by atoms with Crippen molar-refractivity contribution in [1.29, 1.82) is 0 Å². The topological polar surface area (TPSA) is 116 Å². The molecule has 0 amide bonds. The molecule has 0 atom stereocenters. The van der Waals surface area contributed by atoms with Crippen LogP contribution < -0.4 is 10.3 Å². The first-order valence-corrected chi connectivity index (χ1v) is 10.7. The van der Waals surface area contributed by atoms with E-state index in [1.807, 2.05) is 0 Å². The summed E-state index contributed by atoms with van der Waals surface area (Å²) in [6.45, 7) is 4.49. The van der Waals surface area contributed by atoms with Gasteiger partial charge in [0.1, 0.15) is 23.7 Å². The lowest BCUT2D eigenvalue weighted by Gasteiger charge is -2.16. The Morgan fingerprint density at radius 2 is 1.89 bits per heavy atom. The Bertz CT molecular complexity index is 1470. The lowest BCUT2D eigenvalue weighted by Crippen LogP contribution is -2.23. The molecule has 0 unspecified atom stereocenters. The molecule has 0 aliphatic carbocycles. The number of aliphatic hydroxyl groups is 1. The fraction of sp³-hybridized carbons (Fsp3) is 0.217. The molecule has 1 N–H and O–H groups in total. The third-order valence-electron chi connectivity index (χ3n) is 4.90. The standard InChI is InChI=1S/C23H19ClF2N6O3/c1-12-8-28-16(15-4-5-27-22(31-15)23(2,3)34)7-18(12)32-21(33)20(24)19(10-30-32)35-11-17-14(26)6-13(25)9-29-17/h4-10,34H,11H2,1-3H3. The van der Waals surface area contributed by atoms with Crippen molar-refractivity contribution in [2.75, 3.05) is 0 Å². The van der Waals surface area contributed by atoms with Crippen molar-refractivity contribution in [1.82, 2.24) is 29.7 Å². The summed E-state index contributed by atoms with van der Waals surface area (Å²) in [5.41, 5.74) is -0.218. The fourth-order valence-electron chi connectivity index (χ4n) is 3.06. The van der Waals surface area contributed by atoms with Crippen LogP contribution in [0.3, 0.4) is 0 Å². The molecular weight excluding hydrogens is 482 g/mol. The number of aromatic nitrogens is 6. The lowest BCUT2D eigenvalue weighted by molar-refractivity contribution is 0.0688. The zero-order chi connectivity index (χ0) is 25.3. The second kappa shape index (κ2) is 9.43. The maximum atomic E-state index is 13.8. The molecule has 0 aliphatic heterocycles. The third-order valence-corrected chi connectivity index (χ3v) is 5.25. The highest BCUT2D eigenvalue weighted by Crippen LogP contribution is 2.25. The summed E-state index contributed by atoms with van der Waals surface area (Å²) in [5, 5.41) is 14.1. The van der Waals surface area contributed by atoms with E-state index >= 15 is 0 Å². The first-order chi connectivity index (χ1) is 16.5. The molecule has 4 heterocycles. The second-order valence-electron chi connectivity index (χ2n) is 8.09. The van der Waals surface area contributed by atoms with Gasteiger partial charge in [0.15, 0.2) is 22.4 Å². The van der Waals surface area contributed by atoms with Gasteiger partial charge in [0, 0.05) is 18.5 Å².